The number of halogens is 1. The summed E-state index contributed by atoms with van der Waals surface area (Å²) in [7, 11) is 5.95. The van der Waals surface area contributed by atoms with Gasteiger partial charge in [-0.2, -0.15) is 4.39 Å². The predicted molar refractivity (Wildman–Crippen MR) is 102 cm³/mol. The van der Waals surface area contributed by atoms with Crippen molar-refractivity contribution in [2.45, 2.75) is 38.3 Å². The summed E-state index contributed by atoms with van der Waals surface area (Å²) in [5.74, 6) is 0.983. The van der Waals surface area contributed by atoms with Gasteiger partial charge in [-0.15, -0.1) is 10.2 Å². The standard InChI is InChI=1S/C19H24FN7O/c1-11-6-5-7-14-22-16(17(20)27(11)14)19(28)21-13-8-12(9-13)18-24-23-15(26(18)4)10-25(2)3/h5-7,12-13H,8-10H2,1-4H3,(H,21,28). The molecule has 3 heterocycles. The van der Waals surface area contributed by atoms with Crippen molar-refractivity contribution in [1.29, 1.82) is 0 Å². The zero-order valence-corrected chi connectivity index (χ0v) is 16.5. The van der Waals surface area contributed by atoms with Crippen molar-refractivity contribution in [3.8, 4) is 0 Å². The minimum absolute atomic E-state index is 0.0168. The Hall–Kier alpha value is -2.81. The van der Waals surface area contributed by atoms with Crippen molar-refractivity contribution in [3.63, 3.8) is 0 Å². The van der Waals surface area contributed by atoms with Crippen LogP contribution in [0.15, 0.2) is 18.2 Å². The summed E-state index contributed by atoms with van der Waals surface area (Å²) < 4.78 is 18.0. The van der Waals surface area contributed by atoms with E-state index < -0.39 is 11.9 Å². The van der Waals surface area contributed by atoms with Crippen LogP contribution in [-0.2, 0) is 13.6 Å². The second-order valence-electron chi connectivity index (χ2n) is 7.72. The largest absolute Gasteiger partial charge is 0.348 e. The van der Waals surface area contributed by atoms with Crippen LogP contribution in [0.3, 0.4) is 0 Å². The monoisotopic (exact) mass is 385 g/mol. The number of carbonyl (C=O) groups excluding carboxylic acids is 1. The van der Waals surface area contributed by atoms with Crippen molar-refractivity contribution in [2.75, 3.05) is 14.1 Å². The smallest absolute Gasteiger partial charge is 0.274 e. The minimum atomic E-state index is -0.622. The number of rotatable bonds is 5. The number of carbonyl (C=O) groups is 1. The van der Waals surface area contributed by atoms with E-state index in [1.54, 1.807) is 25.1 Å². The Morgan fingerprint density at radius 2 is 2.07 bits per heavy atom. The number of nitrogens with zero attached hydrogens (tertiary/aromatic N) is 6. The van der Waals surface area contributed by atoms with Crippen molar-refractivity contribution in [2.24, 2.45) is 7.05 Å². The second-order valence-corrected chi connectivity index (χ2v) is 7.72. The Kier molecular flexibility index (Phi) is 4.62. The summed E-state index contributed by atoms with van der Waals surface area (Å²) >= 11 is 0. The minimum Gasteiger partial charge on any atom is -0.348 e. The van der Waals surface area contributed by atoms with Crippen molar-refractivity contribution >= 4 is 11.6 Å². The number of aryl methyl sites for hydroxylation is 1. The van der Waals surface area contributed by atoms with E-state index >= 15 is 0 Å². The number of amides is 1. The number of nitrogens with one attached hydrogen (secondary N) is 1. The summed E-state index contributed by atoms with van der Waals surface area (Å²) in [6, 6.07) is 5.24. The van der Waals surface area contributed by atoms with Crippen LogP contribution in [0.5, 0.6) is 0 Å². The van der Waals surface area contributed by atoms with Crippen LogP contribution in [0.4, 0.5) is 4.39 Å². The van der Waals surface area contributed by atoms with Gasteiger partial charge in [-0.1, -0.05) is 6.07 Å². The highest BCUT2D eigenvalue weighted by molar-refractivity contribution is 5.93. The third-order valence-corrected chi connectivity index (χ3v) is 5.29. The molecule has 148 valence electrons. The van der Waals surface area contributed by atoms with Crippen LogP contribution >= 0.6 is 0 Å². The first kappa shape index (κ1) is 18.5. The summed E-state index contributed by atoms with van der Waals surface area (Å²) in [5.41, 5.74) is 0.965. The fraction of sp³-hybridized carbons (Fsp3) is 0.474. The zero-order valence-electron chi connectivity index (χ0n) is 16.5. The lowest BCUT2D eigenvalue weighted by atomic mass is 9.79. The van der Waals surface area contributed by atoms with Gasteiger partial charge in [0.1, 0.15) is 17.3 Å². The molecule has 1 N–H and O–H groups in total. The van der Waals surface area contributed by atoms with Crippen LogP contribution in [0.1, 0.15) is 46.6 Å². The summed E-state index contributed by atoms with van der Waals surface area (Å²) in [6.07, 6.45) is 1.52. The maximum Gasteiger partial charge on any atom is 0.274 e. The Bertz CT molecular complexity index is 1030. The maximum absolute atomic E-state index is 14.6. The zero-order chi connectivity index (χ0) is 20.0. The number of hydrogen-bond acceptors (Lipinski definition) is 5. The first-order chi connectivity index (χ1) is 13.3. The van der Waals surface area contributed by atoms with Crippen molar-refractivity contribution in [3.05, 3.63) is 47.2 Å². The second kappa shape index (κ2) is 6.97. The van der Waals surface area contributed by atoms with Gasteiger partial charge in [-0.05, 0) is 46.0 Å². The Morgan fingerprint density at radius 1 is 1.32 bits per heavy atom. The first-order valence-corrected chi connectivity index (χ1v) is 9.32. The van der Waals surface area contributed by atoms with Crippen LogP contribution < -0.4 is 5.32 Å². The molecule has 0 aromatic carbocycles. The van der Waals surface area contributed by atoms with E-state index in [9.17, 15) is 9.18 Å². The molecule has 28 heavy (non-hydrogen) atoms. The molecule has 1 amide bonds. The van der Waals surface area contributed by atoms with E-state index in [2.05, 4.69) is 20.5 Å². The fourth-order valence-corrected chi connectivity index (χ4v) is 3.71. The van der Waals surface area contributed by atoms with E-state index in [0.717, 1.165) is 31.0 Å². The fourth-order valence-electron chi connectivity index (χ4n) is 3.71. The molecule has 3 aromatic rings. The molecule has 4 rings (SSSR count). The molecule has 0 aliphatic heterocycles. The van der Waals surface area contributed by atoms with E-state index in [4.69, 9.17) is 0 Å². The summed E-state index contributed by atoms with van der Waals surface area (Å²) in [4.78, 5) is 18.7. The number of fused-ring (bicyclic) bond motifs is 1. The molecule has 8 nitrogen and oxygen atoms in total. The van der Waals surface area contributed by atoms with Crippen molar-refractivity contribution < 1.29 is 9.18 Å². The number of hydrogen-bond donors (Lipinski definition) is 1. The van der Waals surface area contributed by atoms with Crippen LogP contribution in [-0.4, -0.2) is 55.1 Å². The van der Waals surface area contributed by atoms with Gasteiger partial charge < -0.3 is 14.8 Å². The first-order valence-electron chi connectivity index (χ1n) is 9.32. The highest BCUT2D eigenvalue weighted by Gasteiger charge is 2.36. The lowest BCUT2D eigenvalue weighted by molar-refractivity contribution is 0.0897. The van der Waals surface area contributed by atoms with Gasteiger partial charge in [0.05, 0.1) is 6.54 Å². The summed E-state index contributed by atoms with van der Waals surface area (Å²) in [5, 5.41) is 11.5. The predicted octanol–water partition coefficient (Wildman–Crippen LogP) is 1.65. The SMILES string of the molecule is Cc1cccc2nc(C(=O)NC3CC(c4nnc(CN(C)C)n4C)C3)c(F)n12. The molecule has 1 fully saturated rings. The van der Waals surface area contributed by atoms with Crippen LogP contribution in [0.2, 0.25) is 0 Å². The molecule has 0 atom stereocenters. The average molecular weight is 385 g/mol. The topological polar surface area (TPSA) is 80.3 Å². The highest BCUT2D eigenvalue weighted by Crippen LogP contribution is 2.36. The Balaban J connectivity index is 1.41. The Labute approximate surface area is 162 Å². The van der Waals surface area contributed by atoms with Gasteiger partial charge in [0.15, 0.2) is 5.69 Å². The van der Waals surface area contributed by atoms with Crippen LogP contribution in [0, 0.1) is 12.9 Å². The van der Waals surface area contributed by atoms with Crippen molar-refractivity contribution in [1.82, 2.24) is 34.4 Å². The molecule has 1 aliphatic rings. The van der Waals surface area contributed by atoms with E-state index in [-0.39, 0.29) is 17.7 Å². The van der Waals surface area contributed by atoms with Gasteiger partial charge in [-0.3, -0.25) is 9.20 Å². The van der Waals surface area contributed by atoms with E-state index in [0.29, 0.717) is 11.3 Å². The van der Waals surface area contributed by atoms with Gasteiger partial charge in [0, 0.05) is 24.7 Å². The quantitative estimate of drug-likeness (QED) is 0.722. The lowest BCUT2D eigenvalue weighted by Gasteiger charge is -2.34. The third-order valence-electron chi connectivity index (χ3n) is 5.29. The number of imidazole rings is 1. The third kappa shape index (κ3) is 3.15. The molecule has 0 radical (unpaired) electrons. The average Bonchev–Trinajstić information content (AvgIpc) is 3.12. The van der Waals surface area contributed by atoms with Gasteiger partial charge in [-0.25, -0.2) is 4.98 Å². The lowest BCUT2D eigenvalue weighted by Crippen LogP contribution is -2.44. The van der Waals surface area contributed by atoms with E-state index in [1.807, 2.05) is 30.6 Å². The van der Waals surface area contributed by atoms with Crippen LogP contribution in [0.25, 0.3) is 5.65 Å². The van der Waals surface area contributed by atoms with Gasteiger partial charge in [0.2, 0.25) is 5.95 Å². The molecule has 0 unspecified atom stereocenters. The molecule has 0 spiro atoms. The highest BCUT2D eigenvalue weighted by atomic mass is 19.1. The molecule has 1 aliphatic carbocycles. The molecule has 1 saturated carbocycles. The maximum atomic E-state index is 14.6. The molecule has 9 heteroatoms. The number of aromatic nitrogens is 5. The van der Waals surface area contributed by atoms with E-state index in [1.165, 1.54) is 4.40 Å². The van der Waals surface area contributed by atoms with Gasteiger partial charge in [0.25, 0.3) is 5.91 Å². The molecule has 0 saturated heterocycles. The summed E-state index contributed by atoms with van der Waals surface area (Å²) in [6.45, 7) is 2.50. The molecular weight excluding hydrogens is 361 g/mol. The normalized spacial score (nSPS) is 19.2. The number of pyridine rings is 1. The Morgan fingerprint density at radius 3 is 2.75 bits per heavy atom. The molecule has 3 aromatic heterocycles. The molecule has 0 bridgehead atoms. The molecular formula is C19H24FN7O. The van der Waals surface area contributed by atoms with Gasteiger partial charge >= 0.3 is 0 Å².